The van der Waals surface area contributed by atoms with Crippen LogP contribution in [0.1, 0.15) is 67.3 Å². The van der Waals surface area contributed by atoms with E-state index < -0.39 is 0 Å². The Morgan fingerprint density at radius 1 is 0.556 bits per heavy atom. The fraction of sp³-hybridized carbons (Fsp3) is 0.175. The van der Waals surface area contributed by atoms with E-state index in [0.29, 0.717) is 6.67 Å². The molecular weight excluding hydrogens is 776 g/mol. The number of aromatic nitrogens is 2. The van der Waals surface area contributed by atoms with Crippen LogP contribution in [0.4, 0.5) is 27.1 Å². The average Bonchev–Trinajstić information content (AvgIpc) is 3.82. The summed E-state index contributed by atoms with van der Waals surface area (Å²) >= 11 is 0. The number of rotatable bonds is 9. The second kappa shape index (κ2) is 15.9. The summed E-state index contributed by atoms with van der Waals surface area (Å²) in [7, 11) is 0. The minimum Gasteiger partial charge on any atom is -0.457 e. The molecule has 0 saturated heterocycles. The summed E-state index contributed by atoms with van der Waals surface area (Å²) in [5.74, 6) is 2.58. The zero-order valence-electron chi connectivity index (χ0n) is 36.9. The lowest BCUT2D eigenvalue weighted by Crippen LogP contribution is -2.26. The Kier molecular flexibility index (Phi) is 10.1. The van der Waals surface area contributed by atoms with Gasteiger partial charge in [-0.25, -0.2) is 9.37 Å². The number of anilines is 4. The van der Waals surface area contributed by atoms with Gasteiger partial charge in [-0.05, 0) is 156 Å². The highest BCUT2D eigenvalue weighted by atomic mass is 19.1. The van der Waals surface area contributed by atoms with Crippen molar-refractivity contribution >= 4 is 44.6 Å². The van der Waals surface area contributed by atoms with E-state index >= 15 is 0 Å². The molecule has 1 aliphatic rings. The molecule has 2 aromatic heterocycles. The highest BCUT2D eigenvalue weighted by molar-refractivity contribution is 6.09. The zero-order chi connectivity index (χ0) is 43.5. The molecule has 0 radical (unpaired) electrons. The Morgan fingerprint density at radius 3 is 2.00 bits per heavy atom. The van der Waals surface area contributed by atoms with E-state index in [2.05, 4.69) is 184 Å². The van der Waals surface area contributed by atoms with Crippen LogP contribution in [0.15, 0.2) is 158 Å². The van der Waals surface area contributed by atoms with Gasteiger partial charge in [0.15, 0.2) is 0 Å². The smallest absolute Gasteiger partial charge is 0.137 e. The van der Waals surface area contributed by atoms with Gasteiger partial charge in [-0.3, -0.25) is 4.57 Å². The third-order valence-electron chi connectivity index (χ3n) is 12.5. The first-order valence-corrected chi connectivity index (χ1v) is 22.0. The number of benzene rings is 7. The van der Waals surface area contributed by atoms with Gasteiger partial charge < -0.3 is 14.5 Å². The van der Waals surface area contributed by atoms with Crippen molar-refractivity contribution in [2.45, 2.75) is 60.3 Å². The van der Waals surface area contributed by atoms with E-state index in [4.69, 9.17) is 9.72 Å². The van der Waals surface area contributed by atoms with E-state index in [1.54, 1.807) is 12.1 Å². The SMILES string of the molecule is Cc1ccnc(-n2c3ccccc3c3ccc(Oc4cc(-c5ccc(C)cc5C)cc(N5CN(c6c(C(C)C)cc(-c7cccc(F)c7)cc6C(C)C)c6ccccc65)c4)cc32)c1. The van der Waals surface area contributed by atoms with E-state index in [9.17, 15) is 4.39 Å². The highest BCUT2D eigenvalue weighted by Crippen LogP contribution is 2.50. The molecule has 0 unspecified atom stereocenters. The Hall–Kier alpha value is -7.18. The van der Waals surface area contributed by atoms with Gasteiger partial charge in [0.05, 0.1) is 22.4 Å². The van der Waals surface area contributed by atoms with Crippen LogP contribution in [-0.4, -0.2) is 16.2 Å². The van der Waals surface area contributed by atoms with Crippen LogP contribution in [0.3, 0.4) is 0 Å². The van der Waals surface area contributed by atoms with Crippen molar-refractivity contribution in [3.05, 3.63) is 191 Å². The molecule has 3 heterocycles. The standard InChI is InChI=1S/C57H51FN4O/c1-35(2)50-30-41(40-13-12-14-43(58)27-40)31-51(36(3)4)57(50)61-34-60(53-17-10-11-18-54(53)61)44-28-42(47-21-19-37(5)25-39(47)7)29-46(32-44)63-45-20-22-49-48-15-8-9-16-52(48)62(55(49)33-45)56-26-38(6)23-24-59-56/h8-33,35-36H,34H2,1-7H3. The van der Waals surface area contributed by atoms with Gasteiger partial charge in [0.25, 0.3) is 0 Å². The predicted molar refractivity (Wildman–Crippen MR) is 260 cm³/mol. The third-order valence-corrected chi connectivity index (χ3v) is 12.5. The molecule has 0 aliphatic carbocycles. The van der Waals surface area contributed by atoms with Crippen molar-refractivity contribution in [1.82, 2.24) is 9.55 Å². The Labute approximate surface area is 369 Å². The van der Waals surface area contributed by atoms with Gasteiger partial charge in [-0.15, -0.1) is 0 Å². The number of ether oxygens (including phenoxy) is 1. The lowest BCUT2D eigenvalue weighted by Gasteiger charge is -2.30. The van der Waals surface area contributed by atoms with Crippen LogP contribution in [0, 0.1) is 26.6 Å². The Balaban J connectivity index is 1.11. The maximum atomic E-state index is 14.6. The van der Waals surface area contributed by atoms with Gasteiger partial charge in [-0.2, -0.15) is 0 Å². The van der Waals surface area contributed by atoms with Crippen molar-refractivity contribution < 1.29 is 9.13 Å². The molecule has 0 fully saturated rings. The molecule has 0 N–H and O–H groups in total. The molecule has 0 spiro atoms. The van der Waals surface area contributed by atoms with Crippen molar-refractivity contribution in [3.8, 4) is 39.6 Å². The first-order chi connectivity index (χ1) is 30.5. The number of hydrogen-bond donors (Lipinski definition) is 0. The molecule has 10 rings (SSSR count). The van der Waals surface area contributed by atoms with E-state index in [1.165, 1.54) is 39.4 Å². The molecule has 0 saturated carbocycles. The van der Waals surface area contributed by atoms with Crippen molar-refractivity contribution in [2.75, 3.05) is 16.5 Å². The van der Waals surface area contributed by atoms with Crippen LogP contribution in [0.5, 0.6) is 11.5 Å². The number of hydrogen-bond acceptors (Lipinski definition) is 4. The lowest BCUT2D eigenvalue weighted by atomic mass is 9.87. The van der Waals surface area contributed by atoms with Crippen molar-refractivity contribution in [1.29, 1.82) is 0 Å². The quantitative estimate of drug-likeness (QED) is 0.145. The summed E-state index contributed by atoms with van der Waals surface area (Å²) in [6, 6.07) is 52.5. The van der Waals surface area contributed by atoms with E-state index in [1.807, 2.05) is 18.3 Å². The first-order valence-electron chi connectivity index (χ1n) is 22.0. The second-order valence-electron chi connectivity index (χ2n) is 17.7. The summed E-state index contributed by atoms with van der Waals surface area (Å²) in [4.78, 5) is 9.70. The van der Waals surface area contributed by atoms with Gasteiger partial charge >= 0.3 is 0 Å². The molecule has 1 aliphatic heterocycles. The number of pyridine rings is 1. The number of halogens is 1. The summed E-state index contributed by atoms with van der Waals surface area (Å²) in [5.41, 5.74) is 16.9. The average molecular weight is 827 g/mol. The maximum Gasteiger partial charge on any atom is 0.137 e. The van der Waals surface area contributed by atoms with Gasteiger partial charge in [0.1, 0.15) is 29.8 Å². The Bertz CT molecular complexity index is 3190. The second-order valence-corrected chi connectivity index (χ2v) is 17.7. The molecule has 312 valence electrons. The summed E-state index contributed by atoms with van der Waals surface area (Å²) in [6.45, 7) is 16.0. The maximum absolute atomic E-state index is 14.6. The molecule has 0 atom stereocenters. The van der Waals surface area contributed by atoms with E-state index in [-0.39, 0.29) is 17.7 Å². The minimum absolute atomic E-state index is 0.220. The molecule has 0 amide bonds. The number of para-hydroxylation sites is 3. The third kappa shape index (κ3) is 7.29. The largest absolute Gasteiger partial charge is 0.457 e. The van der Waals surface area contributed by atoms with Crippen LogP contribution in [-0.2, 0) is 0 Å². The summed E-state index contributed by atoms with van der Waals surface area (Å²) in [6.07, 6.45) is 1.87. The monoisotopic (exact) mass is 826 g/mol. The summed E-state index contributed by atoms with van der Waals surface area (Å²) in [5, 5.41) is 2.31. The van der Waals surface area contributed by atoms with Gasteiger partial charge in [0.2, 0.25) is 0 Å². The van der Waals surface area contributed by atoms with Crippen molar-refractivity contribution in [2.24, 2.45) is 0 Å². The van der Waals surface area contributed by atoms with Crippen LogP contribution in [0.25, 0.3) is 49.9 Å². The number of nitrogens with zero attached hydrogens (tertiary/aromatic N) is 4. The normalized spacial score (nSPS) is 12.6. The molecule has 7 aromatic carbocycles. The van der Waals surface area contributed by atoms with E-state index in [0.717, 1.165) is 78.6 Å². The zero-order valence-corrected chi connectivity index (χ0v) is 36.9. The van der Waals surface area contributed by atoms with Gasteiger partial charge in [0, 0.05) is 40.5 Å². The topological polar surface area (TPSA) is 33.5 Å². The van der Waals surface area contributed by atoms with Gasteiger partial charge in [-0.1, -0.05) is 93.9 Å². The molecule has 6 heteroatoms. The summed E-state index contributed by atoms with van der Waals surface area (Å²) < 4.78 is 23.8. The van der Waals surface area contributed by atoms with Crippen LogP contribution < -0.4 is 14.5 Å². The predicted octanol–water partition coefficient (Wildman–Crippen LogP) is 15.9. The Morgan fingerprint density at radius 2 is 1.27 bits per heavy atom. The molecule has 9 aromatic rings. The molecule has 5 nitrogen and oxygen atoms in total. The fourth-order valence-electron chi connectivity index (χ4n) is 9.46. The molecular formula is C57H51FN4O. The minimum atomic E-state index is -0.229. The lowest BCUT2D eigenvalue weighted by molar-refractivity contribution is 0.483. The number of fused-ring (bicyclic) bond motifs is 4. The highest BCUT2D eigenvalue weighted by Gasteiger charge is 2.32. The van der Waals surface area contributed by atoms with Crippen LogP contribution >= 0.6 is 0 Å². The number of aryl methyl sites for hydroxylation is 3. The fourth-order valence-corrected chi connectivity index (χ4v) is 9.46. The van der Waals surface area contributed by atoms with Crippen molar-refractivity contribution in [3.63, 3.8) is 0 Å². The first kappa shape index (κ1) is 39.9. The molecule has 63 heavy (non-hydrogen) atoms. The molecule has 0 bridgehead atoms. The van der Waals surface area contributed by atoms with Crippen LogP contribution in [0.2, 0.25) is 0 Å².